The summed E-state index contributed by atoms with van der Waals surface area (Å²) in [5.41, 5.74) is 0.332. The van der Waals surface area contributed by atoms with Crippen molar-refractivity contribution in [2.45, 2.75) is 0 Å². The lowest BCUT2D eigenvalue weighted by atomic mass is 10.1. The fourth-order valence-electron chi connectivity index (χ4n) is 1.24. The van der Waals surface area contributed by atoms with Gasteiger partial charge in [-0.1, -0.05) is 3.89 Å². The first kappa shape index (κ1) is 9.91. The monoisotopic (exact) mass is 232 g/mol. The minimum absolute atomic E-state index is 0.0961. The molecule has 1 heterocycles. The number of ether oxygens (including phenoxy) is 1. The number of carbonyl (C=O) groups excluding carboxylic acids is 1. The maximum absolute atomic E-state index is 12.1. The molecule has 0 spiro atoms. The van der Waals surface area contributed by atoms with Crippen LogP contribution in [0, 0.1) is 0 Å². The standard InChI is InChI=1S/C8H5FO5S/c9-15(11,12)14-5-1-2-6-7(10)4-13-8(6)3-5/h1-3H,4H2. The summed E-state index contributed by atoms with van der Waals surface area (Å²) in [5, 5.41) is 0. The Morgan fingerprint density at radius 1 is 1.40 bits per heavy atom. The summed E-state index contributed by atoms with van der Waals surface area (Å²) < 4.78 is 41.4. The summed E-state index contributed by atoms with van der Waals surface area (Å²) in [7, 11) is -5.05. The van der Waals surface area contributed by atoms with Crippen LogP contribution in [0.25, 0.3) is 0 Å². The molecule has 1 aliphatic heterocycles. The number of halogens is 1. The van der Waals surface area contributed by atoms with E-state index in [0.29, 0.717) is 5.56 Å². The maximum Gasteiger partial charge on any atom is 0.488 e. The molecule has 0 amide bonds. The fraction of sp³-hybridized carbons (Fsp3) is 0.125. The first-order chi connectivity index (χ1) is 6.96. The first-order valence-corrected chi connectivity index (χ1v) is 5.21. The second-order valence-corrected chi connectivity index (χ2v) is 3.80. The van der Waals surface area contributed by atoms with E-state index >= 15 is 0 Å². The highest BCUT2D eigenvalue weighted by Gasteiger charge is 2.22. The van der Waals surface area contributed by atoms with Gasteiger partial charge < -0.3 is 8.92 Å². The molecule has 80 valence electrons. The highest BCUT2D eigenvalue weighted by Crippen LogP contribution is 2.30. The summed E-state index contributed by atoms with van der Waals surface area (Å²) in [6, 6.07) is 3.66. The minimum atomic E-state index is -5.05. The molecule has 0 aromatic heterocycles. The van der Waals surface area contributed by atoms with Gasteiger partial charge in [-0.25, -0.2) is 0 Å². The Kier molecular flexibility index (Phi) is 2.11. The summed E-state index contributed by atoms with van der Waals surface area (Å²) in [5.74, 6) is -0.244. The Morgan fingerprint density at radius 2 is 2.13 bits per heavy atom. The van der Waals surface area contributed by atoms with Crippen molar-refractivity contribution in [3.05, 3.63) is 23.8 Å². The third kappa shape index (κ3) is 2.07. The van der Waals surface area contributed by atoms with Crippen molar-refractivity contribution in [3.63, 3.8) is 0 Å². The van der Waals surface area contributed by atoms with Crippen LogP contribution in [-0.2, 0) is 10.5 Å². The van der Waals surface area contributed by atoms with E-state index in [0.717, 1.165) is 6.07 Å². The Hall–Kier alpha value is -1.63. The molecule has 0 atom stereocenters. The van der Waals surface area contributed by atoms with Crippen LogP contribution in [0.15, 0.2) is 18.2 Å². The van der Waals surface area contributed by atoms with Gasteiger partial charge in [0.2, 0.25) is 5.78 Å². The Balaban J connectivity index is 2.35. The molecule has 15 heavy (non-hydrogen) atoms. The Labute approximate surface area is 84.8 Å². The minimum Gasteiger partial charge on any atom is -0.485 e. The summed E-state index contributed by atoms with van der Waals surface area (Å²) >= 11 is 0. The third-order valence-electron chi connectivity index (χ3n) is 1.81. The quantitative estimate of drug-likeness (QED) is 0.707. The van der Waals surface area contributed by atoms with Gasteiger partial charge >= 0.3 is 10.5 Å². The molecule has 2 rings (SSSR count). The molecule has 0 unspecified atom stereocenters. The number of fused-ring (bicyclic) bond motifs is 1. The number of Topliss-reactive ketones (excluding diaryl/α,β-unsaturated/α-hetero) is 1. The van der Waals surface area contributed by atoms with Crippen molar-refractivity contribution < 1.29 is 26.0 Å². The van der Waals surface area contributed by atoms with Crippen LogP contribution in [0.2, 0.25) is 0 Å². The lowest BCUT2D eigenvalue weighted by molar-refractivity contribution is 0.0961. The number of rotatable bonds is 2. The van der Waals surface area contributed by atoms with Crippen LogP contribution in [0.5, 0.6) is 11.5 Å². The SMILES string of the molecule is O=C1COc2cc(OS(=O)(=O)F)ccc21. The number of hydrogen-bond acceptors (Lipinski definition) is 5. The molecule has 0 saturated heterocycles. The summed E-state index contributed by atoms with van der Waals surface area (Å²) in [6.07, 6.45) is 0. The van der Waals surface area contributed by atoms with Crippen molar-refractivity contribution in [3.8, 4) is 11.5 Å². The van der Waals surface area contributed by atoms with E-state index in [9.17, 15) is 17.1 Å². The van der Waals surface area contributed by atoms with E-state index in [-0.39, 0.29) is 23.9 Å². The first-order valence-electron chi connectivity index (χ1n) is 3.90. The van der Waals surface area contributed by atoms with Crippen LogP contribution < -0.4 is 8.92 Å². The van der Waals surface area contributed by atoms with Gasteiger partial charge in [-0.15, -0.1) is 0 Å². The van der Waals surface area contributed by atoms with Gasteiger partial charge in [-0.3, -0.25) is 4.79 Å². The van der Waals surface area contributed by atoms with Gasteiger partial charge in [0, 0.05) is 6.07 Å². The van der Waals surface area contributed by atoms with E-state index in [2.05, 4.69) is 4.18 Å². The zero-order valence-corrected chi connectivity index (χ0v) is 8.08. The molecular formula is C8H5FO5S. The normalized spacial score (nSPS) is 14.6. The van der Waals surface area contributed by atoms with E-state index in [4.69, 9.17) is 4.74 Å². The molecule has 7 heteroatoms. The third-order valence-corrected chi connectivity index (χ3v) is 2.20. The number of carbonyl (C=O) groups is 1. The van der Waals surface area contributed by atoms with Crippen LogP contribution in [-0.4, -0.2) is 20.8 Å². The summed E-state index contributed by atoms with van der Waals surface area (Å²) in [4.78, 5) is 11.1. The Morgan fingerprint density at radius 3 is 2.80 bits per heavy atom. The molecule has 0 saturated carbocycles. The van der Waals surface area contributed by atoms with Crippen LogP contribution in [0.4, 0.5) is 3.89 Å². The van der Waals surface area contributed by atoms with Crippen molar-refractivity contribution in [2.75, 3.05) is 6.61 Å². The van der Waals surface area contributed by atoms with E-state index in [1.54, 1.807) is 0 Å². The van der Waals surface area contributed by atoms with Gasteiger partial charge in [-0.2, -0.15) is 8.42 Å². The summed E-state index contributed by atoms with van der Waals surface area (Å²) in [6.45, 7) is -0.0961. The second-order valence-electron chi connectivity index (χ2n) is 2.85. The zero-order valence-electron chi connectivity index (χ0n) is 7.27. The van der Waals surface area contributed by atoms with Gasteiger partial charge in [0.05, 0.1) is 5.56 Å². The largest absolute Gasteiger partial charge is 0.488 e. The lowest BCUT2D eigenvalue weighted by Crippen LogP contribution is -2.01. The highest BCUT2D eigenvalue weighted by molar-refractivity contribution is 7.81. The van der Waals surface area contributed by atoms with E-state index in [1.807, 2.05) is 0 Å². The van der Waals surface area contributed by atoms with Crippen LogP contribution >= 0.6 is 0 Å². The Bertz CT molecular complexity index is 522. The molecule has 5 nitrogen and oxygen atoms in total. The van der Waals surface area contributed by atoms with Crippen molar-refractivity contribution >= 4 is 16.3 Å². The molecule has 0 radical (unpaired) electrons. The van der Waals surface area contributed by atoms with Gasteiger partial charge in [0.15, 0.2) is 6.61 Å². The zero-order chi connectivity index (χ0) is 11.1. The maximum atomic E-state index is 12.1. The van der Waals surface area contributed by atoms with Crippen molar-refractivity contribution in [1.82, 2.24) is 0 Å². The molecule has 1 aromatic rings. The fourth-order valence-corrected chi connectivity index (χ4v) is 1.57. The predicted molar refractivity (Wildman–Crippen MR) is 46.9 cm³/mol. The smallest absolute Gasteiger partial charge is 0.485 e. The number of benzene rings is 1. The molecule has 1 aromatic carbocycles. The average Bonchev–Trinajstić information content (AvgIpc) is 2.45. The second kappa shape index (κ2) is 3.20. The van der Waals surface area contributed by atoms with Crippen LogP contribution in [0.3, 0.4) is 0 Å². The van der Waals surface area contributed by atoms with Gasteiger partial charge in [0.25, 0.3) is 0 Å². The average molecular weight is 232 g/mol. The molecule has 0 fully saturated rings. The number of ketones is 1. The van der Waals surface area contributed by atoms with Crippen LogP contribution in [0.1, 0.15) is 10.4 Å². The molecule has 0 N–H and O–H groups in total. The van der Waals surface area contributed by atoms with Gasteiger partial charge in [-0.05, 0) is 12.1 Å². The molecule has 0 bridgehead atoms. The number of hydrogen-bond donors (Lipinski definition) is 0. The van der Waals surface area contributed by atoms with E-state index < -0.39 is 10.5 Å². The highest BCUT2D eigenvalue weighted by atomic mass is 32.3. The molecule has 1 aliphatic rings. The van der Waals surface area contributed by atoms with Crippen molar-refractivity contribution in [1.29, 1.82) is 0 Å². The van der Waals surface area contributed by atoms with Gasteiger partial charge in [0.1, 0.15) is 11.5 Å². The lowest BCUT2D eigenvalue weighted by Gasteiger charge is -2.01. The molecular weight excluding hydrogens is 227 g/mol. The predicted octanol–water partition coefficient (Wildman–Crippen LogP) is 0.855. The van der Waals surface area contributed by atoms with Crippen molar-refractivity contribution in [2.24, 2.45) is 0 Å². The topological polar surface area (TPSA) is 69.7 Å². The molecule has 0 aliphatic carbocycles. The van der Waals surface area contributed by atoms with E-state index in [1.165, 1.54) is 12.1 Å².